The van der Waals surface area contributed by atoms with Gasteiger partial charge in [-0.1, -0.05) is 78.1 Å². The van der Waals surface area contributed by atoms with E-state index < -0.39 is 0 Å². The maximum atomic E-state index is 10.1. The Morgan fingerprint density at radius 2 is 1.21 bits per heavy atom. The average Bonchev–Trinajstić information content (AvgIpc) is 2.42. The summed E-state index contributed by atoms with van der Waals surface area (Å²) >= 11 is 0. The van der Waals surface area contributed by atoms with Gasteiger partial charge in [0.2, 0.25) is 0 Å². The second-order valence-electron chi connectivity index (χ2n) is 5.75. The van der Waals surface area contributed by atoms with E-state index in [9.17, 15) is 5.11 Å². The van der Waals surface area contributed by atoms with Gasteiger partial charge in [0.1, 0.15) is 0 Å². The zero-order chi connectivity index (χ0) is 14.3. The minimum atomic E-state index is -0.266. The molecule has 0 fully saturated rings. The van der Waals surface area contributed by atoms with E-state index in [-0.39, 0.29) is 12.2 Å². The lowest BCUT2D eigenvalue weighted by molar-refractivity contribution is -0.0221. The van der Waals surface area contributed by atoms with Crippen LogP contribution in [0.5, 0.6) is 0 Å². The number of hydrogen-bond acceptors (Lipinski definition) is 2. The Labute approximate surface area is 120 Å². The van der Waals surface area contributed by atoms with Gasteiger partial charge in [0.15, 0.2) is 0 Å². The molecule has 0 amide bonds. The lowest BCUT2D eigenvalue weighted by atomic mass is 10.00. The summed E-state index contributed by atoms with van der Waals surface area (Å²) in [4.78, 5) is 0. The van der Waals surface area contributed by atoms with Crippen molar-refractivity contribution in [2.75, 3.05) is 7.11 Å². The first kappa shape index (κ1) is 18.9. The molecule has 0 bridgehead atoms. The number of rotatable bonds is 14. The highest BCUT2D eigenvalue weighted by molar-refractivity contribution is 4.69. The quantitative estimate of drug-likeness (QED) is 0.447. The molecule has 2 heteroatoms. The third-order valence-electron chi connectivity index (χ3n) is 3.93. The van der Waals surface area contributed by atoms with Gasteiger partial charge in [-0.05, 0) is 12.8 Å². The van der Waals surface area contributed by atoms with Gasteiger partial charge >= 0.3 is 0 Å². The summed E-state index contributed by atoms with van der Waals surface area (Å²) < 4.78 is 5.45. The van der Waals surface area contributed by atoms with Crippen molar-refractivity contribution in [2.45, 2.75) is 103 Å². The molecule has 0 saturated carbocycles. The van der Waals surface area contributed by atoms with E-state index >= 15 is 0 Å². The minimum absolute atomic E-state index is 0.0489. The third-order valence-corrected chi connectivity index (χ3v) is 3.93. The van der Waals surface area contributed by atoms with Crippen LogP contribution in [-0.2, 0) is 4.74 Å². The normalized spacial score (nSPS) is 14.5. The van der Waals surface area contributed by atoms with Gasteiger partial charge in [0.05, 0.1) is 12.2 Å². The van der Waals surface area contributed by atoms with Crippen LogP contribution in [0.4, 0.5) is 0 Å². The first-order valence-electron chi connectivity index (χ1n) is 8.47. The first-order chi connectivity index (χ1) is 9.26. The van der Waals surface area contributed by atoms with Crippen molar-refractivity contribution in [3.05, 3.63) is 0 Å². The summed E-state index contributed by atoms with van der Waals surface area (Å²) in [6.45, 7) is 4.47. The number of unbranched alkanes of at least 4 members (excludes halogenated alkanes) is 8. The molecule has 0 heterocycles. The maximum Gasteiger partial charge on any atom is 0.0830 e. The molecule has 2 atom stereocenters. The topological polar surface area (TPSA) is 29.5 Å². The molecule has 0 radical (unpaired) electrons. The van der Waals surface area contributed by atoms with Crippen molar-refractivity contribution < 1.29 is 9.84 Å². The SMILES string of the molecule is CCCCCCC[C@@H](O)[C@@H](CCCCCCC)OC. The standard InChI is InChI=1S/C17H36O2/c1-4-6-8-10-12-14-16(18)17(19-3)15-13-11-9-7-5-2/h16-18H,4-15H2,1-3H3/t16-,17-/m1/s1. The molecule has 0 aromatic heterocycles. The van der Waals surface area contributed by atoms with Crippen LogP contribution in [-0.4, -0.2) is 24.4 Å². The van der Waals surface area contributed by atoms with E-state index in [4.69, 9.17) is 4.74 Å². The molecule has 0 aromatic carbocycles. The fourth-order valence-corrected chi connectivity index (χ4v) is 2.56. The average molecular weight is 272 g/mol. The fraction of sp³-hybridized carbons (Fsp3) is 1.00. The molecule has 0 aromatic rings. The maximum absolute atomic E-state index is 10.1. The molecular weight excluding hydrogens is 236 g/mol. The van der Waals surface area contributed by atoms with Gasteiger partial charge in [-0.3, -0.25) is 0 Å². The highest BCUT2D eigenvalue weighted by Gasteiger charge is 2.17. The van der Waals surface area contributed by atoms with Crippen molar-refractivity contribution in [1.29, 1.82) is 0 Å². The van der Waals surface area contributed by atoms with Gasteiger partial charge in [0.25, 0.3) is 0 Å². The van der Waals surface area contributed by atoms with Gasteiger partial charge < -0.3 is 9.84 Å². The largest absolute Gasteiger partial charge is 0.390 e. The molecule has 116 valence electrons. The zero-order valence-electron chi connectivity index (χ0n) is 13.5. The second-order valence-corrected chi connectivity index (χ2v) is 5.75. The van der Waals surface area contributed by atoms with Crippen LogP contribution in [0.1, 0.15) is 90.9 Å². The summed E-state index contributed by atoms with van der Waals surface area (Å²) in [7, 11) is 1.73. The Morgan fingerprint density at radius 1 is 0.737 bits per heavy atom. The molecule has 0 unspecified atom stereocenters. The van der Waals surface area contributed by atoms with Gasteiger partial charge in [-0.15, -0.1) is 0 Å². The molecule has 0 spiro atoms. The summed E-state index contributed by atoms with van der Waals surface area (Å²) in [5.41, 5.74) is 0. The van der Waals surface area contributed by atoms with Crippen molar-refractivity contribution in [1.82, 2.24) is 0 Å². The number of aliphatic hydroxyl groups excluding tert-OH is 1. The Balaban J connectivity index is 3.57. The van der Waals surface area contributed by atoms with Crippen LogP contribution < -0.4 is 0 Å². The Bertz CT molecular complexity index is 171. The van der Waals surface area contributed by atoms with Crippen LogP contribution in [0, 0.1) is 0 Å². The Morgan fingerprint density at radius 3 is 1.68 bits per heavy atom. The lowest BCUT2D eigenvalue weighted by Crippen LogP contribution is -2.27. The molecule has 0 aliphatic carbocycles. The predicted molar refractivity (Wildman–Crippen MR) is 83.6 cm³/mol. The highest BCUT2D eigenvalue weighted by Crippen LogP contribution is 2.16. The van der Waals surface area contributed by atoms with E-state index in [1.165, 1.54) is 57.8 Å². The smallest absolute Gasteiger partial charge is 0.0830 e. The second kappa shape index (κ2) is 14.3. The van der Waals surface area contributed by atoms with E-state index in [2.05, 4.69) is 13.8 Å². The van der Waals surface area contributed by atoms with E-state index in [1.807, 2.05) is 0 Å². The van der Waals surface area contributed by atoms with Crippen molar-refractivity contribution in [2.24, 2.45) is 0 Å². The van der Waals surface area contributed by atoms with Gasteiger partial charge in [-0.25, -0.2) is 0 Å². The van der Waals surface area contributed by atoms with Crippen molar-refractivity contribution >= 4 is 0 Å². The summed E-state index contributed by atoms with van der Waals surface area (Å²) in [6, 6.07) is 0. The molecule has 0 saturated heterocycles. The third kappa shape index (κ3) is 11.4. The Kier molecular flexibility index (Phi) is 14.3. The summed E-state index contributed by atoms with van der Waals surface area (Å²) in [5, 5.41) is 10.1. The molecule has 1 N–H and O–H groups in total. The van der Waals surface area contributed by atoms with Gasteiger partial charge in [-0.2, -0.15) is 0 Å². The minimum Gasteiger partial charge on any atom is -0.390 e. The van der Waals surface area contributed by atoms with Crippen LogP contribution in [0.2, 0.25) is 0 Å². The van der Waals surface area contributed by atoms with Crippen LogP contribution in [0.15, 0.2) is 0 Å². The molecule has 0 aliphatic heterocycles. The molecule has 2 nitrogen and oxygen atoms in total. The number of methoxy groups -OCH3 is 1. The monoisotopic (exact) mass is 272 g/mol. The van der Waals surface area contributed by atoms with Crippen LogP contribution in [0.3, 0.4) is 0 Å². The van der Waals surface area contributed by atoms with E-state index in [1.54, 1.807) is 7.11 Å². The fourth-order valence-electron chi connectivity index (χ4n) is 2.56. The number of hydrogen-bond donors (Lipinski definition) is 1. The molecule has 0 rings (SSSR count). The Hall–Kier alpha value is -0.0800. The van der Waals surface area contributed by atoms with Crippen LogP contribution in [0.25, 0.3) is 0 Å². The predicted octanol–water partition coefficient (Wildman–Crippen LogP) is 5.08. The number of ether oxygens (including phenoxy) is 1. The molecule has 0 aliphatic rings. The number of aliphatic hydroxyl groups is 1. The molecule has 19 heavy (non-hydrogen) atoms. The van der Waals surface area contributed by atoms with Crippen molar-refractivity contribution in [3.8, 4) is 0 Å². The zero-order valence-corrected chi connectivity index (χ0v) is 13.5. The van der Waals surface area contributed by atoms with E-state index in [0.29, 0.717) is 0 Å². The highest BCUT2D eigenvalue weighted by atomic mass is 16.5. The molecular formula is C17H36O2. The summed E-state index contributed by atoms with van der Waals surface area (Å²) in [6.07, 6.45) is 14.4. The summed E-state index contributed by atoms with van der Waals surface area (Å²) in [5.74, 6) is 0. The van der Waals surface area contributed by atoms with Crippen LogP contribution >= 0.6 is 0 Å². The lowest BCUT2D eigenvalue weighted by Gasteiger charge is -2.21. The van der Waals surface area contributed by atoms with Crippen molar-refractivity contribution in [3.63, 3.8) is 0 Å². The van der Waals surface area contributed by atoms with E-state index in [0.717, 1.165) is 19.3 Å². The first-order valence-corrected chi connectivity index (χ1v) is 8.47. The van der Waals surface area contributed by atoms with Gasteiger partial charge in [0, 0.05) is 7.11 Å².